The summed E-state index contributed by atoms with van der Waals surface area (Å²) in [4.78, 5) is 29.4. The first-order valence-electron chi connectivity index (χ1n) is 6.21. The molecule has 0 aromatic carbocycles. The summed E-state index contributed by atoms with van der Waals surface area (Å²) in [6.45, 7) is 2.20. The maximum absolute atomic E-state index is 11.9. The molecule has 0 amide bonds. The minimum Gasteiger partial charge on any atom is -0.352 e. The van der Waals surface area contributed by atoms with Crippen LogP contribution >= 0.6 is 22.9 Å². The van der Waals surface area contributed by atoms with Crippen LogP contribution in [0.3, 0.4) is 0 Å². The first kappa shape index (κ1) is 14.0. The lowest BCUT2D eigenvalue weighted by Gasteiger charge is -2.17. The molecule has 3 aromatic rings. The molecule has 6 nitrogen and oxygen atoms in total. The highest BCUT2D eigenvalue weighted by atomic mass is 35.5. The quantitative estimate of drug-likeness (QED) is 0.750. The third-order valence-electron chi connectivity index (χ3n) is 2.94. The maximum atomic E-state index is 11.9. The van der Waals surface area contributed by atoms with Gasteiger partial charge in [0.05, 0.1) is 12.1 Å². The molecule has 0 aliphatic rings. The van der Waals surface area contributed by atoms with E-state index in [-0.39, 0.29) is 5.56 Å². The van der Waals surface area contributed by atoms with Crippen molar-refractivity contribution >= 4 is 39.0 Å². The zero-order valence-electron chi connectivity index (χ0n) is 11.4. The van der Waals surface area contributed by atoms with Crippen molar-refractivity contribution in [3.8, 4) is 0 Å². The summed E-state index contributed by atoms with van der Waals surface area (Å²) in [5.74, 6) is 1.86. The van der Waals surface area contributed by atoms with E-state index in [1.165, 1.54) is 11.3 Å². The lowest BCUT2D eigenvalue weighted by molar-refractivity contribution is 0.819. The standard InChI is InChI=1S/C13H12ClN5OS/c1-7-15-9(14)5-11(16-7)19(2)6-10-17-8-3-4-21-12(8)13(20)18-10/h3-5H,6H2,1-2H3,(H,17,18,20). The fourth-order valence-electron chi connectivity index (χ4n) is 2.01. The molecule has 0 aliphatic carbocycles. The summed E-state index contributed by atoms with van der Waals surface area (Å²) in [6.07, 6.45) is 0. The van der Waals surface area contributed by atoms with E-state index < -0.39 is 0 Å². The summed E-state index contributed by atoms with van der Waals surface area (Å²) in [5.41, 5.74) is 0.597. The Labute approximate surface area is 129 Å². The normalized spacial score (nSPS) is 11.0. The average molecular weight is 322 g/mol. The molecule has 3 heterocycles. The second kappa shape index (κ2) is 5.42. The number of thiophene rings is 1. The smallest absolute Gasteiger partial charge is 0.268 e. The van der Waals surface area contributed by atoms with Crippen LogP contribution in [0.5, 0.6) is 0 Å². The van der Waals surface area contributed by atoms with E-state index >= 15 is 0 Å². The lowest BCUT2D eigenvalue weighted by atomic mass is 10.4. The Kier molecular flexibility index (Phi) is 3.60. The van der Waals surface area contributed by atoms with Crippen LogP contribution in [0.25, 0.3) is 10.2 Å². The maximum Gasteiger partial charge on any atom is 0.268 e. The highest BCUT2D eigenvalue weighted by Crippen LogP contribution is 2.17. The number of aromatic amines is 1. The van der Waals surface area contributed by atoms with Crippen LogP contribution in [-0.2, 0) is 6.54 Å². The predicted octanol–water partition coefficient (Wildman–Crippen LogP) is 2.37. The second-order valence-corrected chi connectivity index (χ2v) is 5.90. The number of H-pyrrole nitrogens is 1. The van der Waals surface area contributed by atoms with Gasteiger partial charge in [0, 0.05) is 13.1 Å². The van der Waals surface area contributed by atoms with Crippen LogP contribution in [0, 0.1) is 6.92 Å². The molecule has 108 valence electrons. The van der Waals surface area contributed by atoms with Gasteiger partial charge >= 0.3 is 0 Å². The van der Waals surface area contributed by atoms with Crippen molar-refractivity contribution in [2.75, 3.05) is 11.9 Å². The zero-order chi connectivity index (χ0) is 15.0. The summed E-state index contributed by atoms with van der Waals surface area (Å²) < 4.78 is 0.641. The summed E-state index contributed by atoms with van der Waals surface area (Å²) in [7, 11) is 1.86. The third-order valence-corrected chi connectivity index (χ3v) is 4.03. The molecule has 0 aliphatic heterocycles. The molecule has 0 radical (unpaired) electrons. The van der Waals surface area contributed by atoms with Gasteiger partial charge in [-0.1, -0.05) is 11.6 Å². The van der Waals surface area contributed by atoms with Crippen molar-refractivity contribution in [3.63, 3.8) is 0 Å². The zero-order valence-corrected chi connectivity index (χ0v) is 13.0. The fourth-order valence-corrected chi connectivity index (χ4v) is 2.96. The van der Waals surface area contributed by atoms with Gasteiger partial charge in [-0.25, -0.2) is 15.0 Å². The largest absolute Gasteiger partial charge is 0.352 e. The topological polar surface area (TPSA) is 74.8 Å². The SMILES string of the molecule is Cc1nc(Cl)cc(N(C)Cc2nc3ccsc3c(=O)[nH]2)n1. The first-order valence-corrected chi connectivity index (χ1v) is 7.47. The predicted molar refractivity (Wildman–Crippen MR) is 84.1 cm³/mol. The van der Waals surface area contributed by atoms with Gasteiger partial charge in [0.1, 0.15) is 27.3 Å². The molecule has 8 heteroatoms. The van der Waals surface area contributed by atoms with Crippen molar-refractivity contribution in [1.29, 1.82) is 0 Å². The number of fused-ring (bicyclic) bond motifs is 1. The van der Waals surface area contributed by atoms with Crippen molar-refractivity contribution < 1.29 is 0 Å². The minimum absolute atomic E-state index is 0.115. The van der Waals surface area contributed by atoms with Gasteiger partial charge in [0.2, 0.25) is 0 Å². The fraction of sp³-hybridized carbons (Fsp3) is 0.231. The van der Waals surface area contributed by atoms with Crippen molar-refractivity contribution in [3.05, 3.63) is 44.7 Å². The van der Waals surface area contributed by atoms with E-state index in [0.29, 0.717) is 39.4 Å². The van der Waals surface area contributed by atoms with E-state index in [9.17, 15) is 4.79 Å². The molecule has 3 aromatic heterocycles. The van der Waals surface area contributed by atoms with Gasteiger partial charge in [0.25, 0.3) is 5.56 Å². The van der Waals surface area contributed by atoms with Crippen molar-refractivity contribution in [2.24, 2.45) is 0 Å². The molecular weight excluding hydrogens is 310 g/mol. The van der Waals surface area contributed by atoms with Crippen LogP contribution in [0.15, 0.2) is 22.3 Å². The molecule has 3 rings (SSSR count). The summed E-state index contributed by atoms with van der Waals surface area (Å²) in [6, 6.07) is 3.51. The number of rotatable bonds is 3. The number of nitrogens with one attached hydrogen (secondary N) is 1. The Morgan fingerprint density at radius 3 is 2.95 bits per heavy atom. The molecule has 0 spiro atoms. The second-order valence-electron chi connectivity index (χ2n) is 4.60. The van der Waals surface area contributed by atoms with Gasteiger partial charge in [-0.15, -0.1) is 11.3 Å². The number of aromatic nitrogens is 4. The molecule has 0 saturated carbocycles. The monoisotopic (exact) mass is 321 g/mol. The van der Waals surface area contributed by atoms with Crippen LogP contribution in [-0.4, -0.2) is 27.0 Å². The van der Waals surface area contributed by atoms with Gasteiger partial charge in [0.15, 0.2) is 0 Å². The molecule has 21 heavy (non-hydrogen) atoms. The van der Waals surface area contributed by atoms with Crippen LogP contribution in [0.2, 0.25) is 5.15 Å². The number of hydrogen-bond donors (Lipinski definition) is 1. The Morgan fingerprint density at radius 1 is 1.38 bits per heavy atom. The van der Waals surface area contributed by atoms with Crippen LogP contribution < -0.4 is 10.5 Å². The summed E-state index contributed by atoms with van der Waals surface area (Å²) in [5, 5.41) is 2.24. The highest BCUT2D eigenvalue weighted by molar-refractivity contribution is 7.17. The lowest BCUT2D eigenvalue weighted by Crippen LogP contribution is -2.22. The molecule has 0 unspecified atom stereocenters. The van der Waals surface area contributed by atoms with Crippen LogP contribution in [0.1, 0.15) is 11.6 Å². The van der Waals surface area contributed by atoms with Gasteiger partial charge < -0.3 is 9.88 Å². The van der Waals surface area contributed by atoms with E-state index in [1.807, 2.05) is 23.4 Å². The Morgan fingerprint density at radius 2 is 2.19 bits per heavy atom. The molecule has 1 N–H and O–H groups in total. The molecule has 0 atom stereocenters. The van der Waals surface area contributed by atoms with E-state index in [0.717, 1.165) is 0 Å². The Hall–Kier alpha value is -1.99. The Bertz CT molecular complexity index is 839. The molecule has 0 saturated heterocycles. The van der Waals surface area contributed by atoms with Crippen LogP contribution in [0.4, 0.5) is 5.82 Å². The first-order chi connectivity index (χ1) is 10.0. The number of aryl methyl sites for hydroxylation is 1. The van der Waals surface area contributed by atoms with E-state index in [4.69, 9.17) is 11.6 Å². The average Bonchev–Trinajstić information content (AvgIpc) is 2.86. The number of hydrogen-bond acceptors (Lipinski definition) is 6. The Balaban J connectivity index is 1.92. The molecular formula is C13H12ClN5OS. The minimum atomic E-state index is -0.115. The molecule has 0 fully saturated rings. The number of halogens is 1. The summed E-state index contributed by atoms with van der Waals surface area (Å²) >= 11 is 7.32. The van der Waals surface area contributed by atoms with E-state index in [1.54, 1.807) is 13.0 Å². The van der Waals surface area contributed by atoms with Gasteiger partial charge in [-0.2, -0.15) is 0 Å². The van der Waals surface area contributed by atoms with Gasteiger partial charge in [-0.3, -0.25) is 4.79 Å². The molecule has 0 bridgehead atoms. The number of anilines is 1. The van der Waals surface area contributed by atoms with Gasteiger partial charge in [-0.05, 0) is 18.4 Å². The van der Waals surface area contributed by atoms with E-state index in [2.05, 4.69) is 19.9 Å². The highest BCUT2D eigenvalue weighted by Gasteiger charge is 2.10. The number of nitrogens with zero attached hydrogens (tertiary/aromatic N) is 4. The van der Waals surface area contributed by atoms with Crippen molar-refractivity contribution in [2.45, 2.75) is 13.5 Å². The van der Waals surface area contributed by atoms with Crippen molar-refractivity contribution in [1.82, 2.24) is 19.9 Å². The third kappa shape index (κ3) is 2.88.